The number of hydrogen-bond acceptors (Lipinski definition) is 4. The van der Waals surface area contributed by atoms with Crippen LogP contribution in [0.3, 0.4) is 0 Å². The monoisotopic (exact) mass is 265 g/mol. The molecule has 4 nitrogen and oxygen atoms in total. The quantitative estimate of drug-likeness (QED) is 0.579. The fraction of sp³-hybridized carbons (Fsp3) is 0.467. The second-order valence-electron chi connectivity index (χ2n) is 4.03. The second kappa shape index (κ2) is 8.43. The molecule has 0 heterocycles. The molecule has 0 saturated heterocycles. The van der Waals surface area contributed by atoms with Gasteiger partial charge in [0.05, 0.1) is 21.3 Å². The number of ether oxygens (including phenoxy) is 3. The van der Waals surface area contributed by atoms with Crippen molar-refractivity contribution in [3.63, 3.8) is 0 Å². The van der Waals surface area contributed by atoms with Crippen LogP contribution in [0.1, 0.15) is 18.9 Å². The summed E-state index contributed by atoms with van der Waals surface area (Å²) < 4.78 is 16.0. The van der Waals surface area contributed by atoms with Crippen LogP contribution < -0.4 is 19.5 Å². The van der Waals surface area contributed by atoms with E-state index in [9.17, 15) is 0 Å². The Bertz CT molecular complexity index is 416. The lowest BCUT2D eigenvalue weighted by atomic mass is 10.1. The van der Waals surface area contributed by atoms with E-state index in [4.69, 9.17) is 14.2 Å². The van der Waals surface area contributed by atoms with Crippen LogP contribution in [-0.2, 0) is 6.54 Å². The van der Waals surface area contributed by atoms with Crippen molar-refractivity contribution in [2.75, 3.05) is 27.9 Å². The zero-order chi connectivity index (χ0) is 14.1. The number of allylic oxidation sites excluding steroid dienone is 1. The smallest absolute Gasteiger partial charge is 0.203 e. The highest BCUT2D eigenvalue weighted by Gasteiger charge is 2.15. The predicted molar refractivity (Wildman–Crippen MR) is 77.2 cm³/mol. The molecule has 0 amide bonds. The molecule has 0 aliphatic heterocycles. The van der Waals surface area contributed by atoms with Gasteiger partial charge in [-0.1, -0.05) is 18.2 Å². The SMILES string of the molecule is C/C=C/CCNCc1ccc(OC)c(OC)c1OC. The molecule has 0 aromatic heterocycles. The molecule has 0 saturated carbocycles. The molecule has 0 spiro atoms. The van der Waals surface area contributed by atoms with E-state index in [0.717, 1.165) is 30.8 Å². The van der Waals surface area contributed by atoms with Crippen LogP contribution >= 0.6 is 0 Å². The first-order valence-electron chi connectivity index (χ1n) is 6.38. The minimum absolute atomic E-state index is 0.637. The normalized spacial score (nSPS) is 10.7. The average molecular weight is 265 g/mol. The van der Waals surface area contributed by atoms with Gasteiger partial charge in [0.1, 0.15) is 0 Å². The zero-order valence-corrected chi connectivity index (χ0v) is 12.2. The van der Waals surface area contributed by atoms with Gasteiger partial charge in [0.25, 0.3) is 0 Å². The maximum atomic E-state index is 5.43. The first-order chi connectivity index (χ1) is 9.28. The number of rotatable bonds is 8. The maximum Gasteiger partial charge on any atom is 0.203 e. The Morgan fingerprint density at radius 2 is 1.79 bits per heavy atom. The Kier molecular flexibility index (Phi) is 6.82. The molecule has 0 atom stereocenters. The molecule has 1 N–H and O–H groups in total. The van der Waals surface area contributed by atoms with Gasteiger partial charge in [0.15, 0.2) is 11.5 Å². The van der Waals surface area contributed by atoms with Gasteiger partial charge in [-0.2, -0.15) is 0 Å². The van der Waals surface area contributed by atoms with Gasteiger partial charge >= 0.3 is 0 Å². The van der Waals surface area contributed by atoms with Crippen molar-refractivity contribution in [2.24, 2.45) is 0 Å². The maximum absolute atomic E-state index is 5.43. The standard InChI is InChI=1S/C15H23NO3/c1-5-6-7-10-16-11-12-8-9-13(17-2)15(19-4)14(12)18-3/h5-6,8-9,16H,7,10-11H2,1-4H3/b6-5+. The van der Waals surface area contributed by atoms with E-state index >= 15 is 0 Å². The van der Waals surface area contributed by atoms with Gasteiger partial charge < -0.3 is 19.5 Å². The minimum Gasteiger partial charge on any atom is -0.493 e. The molecular weight excluding hydrogens is 242 g/mol. The summed E-state index contributed by atoms with van der Waals surface area (Å²) in [5, 5.41) is 3.37. The molecule has 0 unspecified atom stereocenters. The van der Waals surface area contributed by atoms with Crippen LogP contribution in [-0.4, -0.2) is 27.9 Å². The highest BCUT2D eigenvalue weighted by molar-refractivity contribution is 5.55. The minimum atomic E-state index is 0.637. The van der Waals surface area contributed by atoms with Gasteiger partial charge in [-0.15, -0.1) is 0 Å². The molecule has 0 bridgehead atoms. The number of nitrogens with one attached hydrogen (secondary N) is 1. The van der Waals surface area contributed by atoms with Crippen molar-refractivity contribution in [1.29, 1.82) is 0 Å². The first kappa shape index (κ1) is 15.4. The molecule has 1 aromatic rings. The summed E-state index contributed by atoms with van der Waals surface area (Å²) in [6.07, 6.45) is 5.21. The molecule has 4 heteroatoms. The fourth-order valence-electron chi connectivity index (χ4n) is 1.88. The van der Waals surface area contributed by atoms with Crippen molar-refractivity contribution >= 4 is 0 Å². The third-order valence-corrected chi connectivity index (χ3v) is 2.82. The van der Waals surface area contributed by atoms with Crippen molar-refractivity contribution in [3.8, 4) is 17.2 Å². The average Bonchev–Trinajstić information content (AvgIpc) is 2.45. The third-order valence-electron chi connectivity index (χ3n) is 2.82. The van der Waals surface area contributed by atoms with Gasteiger partial charge in [-0.25, -0.2) is 0 Å². The van der Waals surface area contributed by atoms with E-state index in [0.29, 0.717) is 11.5 Å². The van der Waals surface area contributed by atoms with Gasteiger partial charge in [0, 0.05) is 12.1 Å². The first-order valence-corrected chi connectivity index (χ1v) is 6.38. The van der Waals surface area contributed by atoms with E-state index in [-0.39, 0.29) is 0 Å². The van der Waals surface area contributed by atoms with Gasteiger partial charge in [-0.3, -0.25) is 0 Å². The van der Waals surface area contributed by atoms with Crippen LogP contribution in [0, 0.1) is 0 Å². The lowest BCUT2D eigenvalue weighted by Crippen LogP contribution is -2.15. The molecule has 1 aromatic carbocycles. The fourth-order valence-corrected chi connectivity index (χ4v) is 1.88. The van der Waals surface area contributed by atoms with Crippen molar-refractivity contribution in [3.05, 3.63) is 29.8 Å². The van der Waals surface area contributed by atoms with E-state index in [1.165, 1.54) is 0 Å². The lowest BCUT2D eigenvalue weighted by molar-refractivity contribution is 0.321. The van der Waals surface area contributed by atoms with E-state index in [1.807, 2.05) is 19.1 Å². The zero-order valence-electron chi connectivity index (χ0n) is 12.2. The van der Waals surface area contributed by atoms with E-state index < -0.39 is 0 Å². The lowest BCUT2D eigenvalue weighted by Gasteiger charge is -2.16. The van der Waals surface area contributed by atoms with Gasteiger partial charge in [-0.05, 0) is 26.0 Å². The molecule has 0 fully saturated rings. The Hall–Kier alpha value is -1.68. The molecule has 106 valence electrons. The van der Waals surface area contributed by atoms with Crippen LogP contribution in [0.4, 0.5) is 0 Å². The summed E-state index contributed by atoms with van der Waals surface area (Å²) in [7, 11) is 4.87. The van der Waals surface area contributed by atoms with Gasteiger partial charge in [0.2, 0.25) is 5.75 Å². The van der Waals surface area contributed by atoms with Crippen LogP contribution in [0.15, 0.2) is 24.3 Å². The summed E-state index contributed by atoms with van der Waals surface area (Å²) >= 11 is 0. The Balaban J connectivity index is 2.77. The number of benzene rings is 1. The Morgan fingerprint density at radius 3 is 2.37 bits per heavy atom. The van der Waals surface area contributed by atoms with E-state index in [2.05, 4.69) is 17.5 Å². The summed E-state index contributed by atoms with van der Waals surface area (Å²) in [5.74, 6) is 2.04. The van der Waals surface area contributed by atoms with Crippen molar-refractivity contribution in [2.45, 2.75) is 19.9 Å². The topological polar surface area (TPSA) is 39.7 Å². The van der Waals surface area contributed by atoms with Crippen LogP contribution in [0.25, 0.3) is 0 Å². The van der Waals surface area contributed by atoms with E-state index in [1.54, 1.807) is 21.3 Å². The van der Waals surface area contributed by atoms with Crippen molar-refractivity contribution in [1.82, 2.24) is 5.32 Å². The molecular formula is C15H23NO3. The van der Waals surface area contributed by atoms with Crippen LogP contribution in [0.5, 0.6) is 17.2 Å². The molecule has 0 aliphatic carbocycles. The predicted octanol–water partition coefficient (Wildman–Crippen LogP) is 2.77. The number of hydrogen-bond donors (Lipinski definition) is 1. The molecule has 0 radical (unpaired) electrons. The van der Waals surface area contributed by atoms with Crippen molar-refractivity contribution < 1.29 is 14.2 Å². The summed E-state index contributed by atoms with van der Waals surface area (Å²) in [4.78, 5) is 0. The number of methoxy groups -OCH3 is 3. The Morgan fingerprint density at radius 1 is 1.05 bits per heavy atom. The second-order valence-corrected chi connectivity index (χ2v) is 4.03. The highest BCUT2D eigenvalue weighted by Crippen LogP contribution is 2.39. The summed E-state index contributed by atoms with van der Waals surface area (Å²) in [6.45, 7) is 3.69. The molecule has 19 heavy (non-hydrogen) atoms. The summed E-state index contributed by atoms with van der Waals surface area (Å²) in [5.41, 5.74) is 1.06. The Labute approximate surface area is 115 Å². The molecule has 1 rings (SSSR count). The highest BCUT2D eigenvalue weighted by atomic mass is 16.5. The van der Waals surface area contributed by atoms with Crippen LogP contribution in [0.2, 0.25) is 0 Å². The molecule has 0 aliphatic rings. The third kappa shape index (κ3) is 4.17. The largest absolute Gasteiger partial charge is 0.493 e. The summed E-state index contributed by atoms with van der Waals surface area (Å²) in [6, 6.07) is 3.88.